The first-order valence-corrected chi connectivity index (χ1v) is 7.91. The number of halogens is 2. The molecule has 0 saturated carbocycles. The minimum absolute atomic E-state index is 0.265. The van der Waals surface area contributed by atoms with Crippen LogP contribution in [-0.4, -0.2) is 36.3 Å². The minimum Gasteiger partial charge on any atom is -0.486 e. The maximum absolute atomic E-state index is 13.3. The van der Waals surface area contributed by atoms with E-state index in [0.29, 0.717) is 30.9 Å². The van der Waals surface area contributed by atoms with Gasteiger partial charge in [-0.3, -0.25) is 9.78 Å². The largest absolute Gasteiger partial charge is 0.486 e. The molecule has 24 heavy (non-hydrogen) atoms. The number of amides is 1. The van der Waals surface area contributed by atoms with Gasteiger partial charge < -0.3 is 14.8 Å². The molecular weight excluding hydrogens is 335 g/mol. The molecule has 1 fully saturated rings. The Morgan fingerprint density at radius 3 is 3.08 bits per heavy atom. The van der Waals surface area contributed by atoms with E-state index in [-0.39, 0.29) is 22.8 Å². The third kappa shape index (κ3) is 4.01. The molecule has 1 aliphatic heterocycles. The number of ether oxygens (including phenoxy) is 2. The number of benzene rings is 1. The topological polar surface area (TPSA) is 60.5 Å². The van der Waals surface area contributed by atoms with Gasteiger partial charge in [0.15, 0.2) is 0 Å². The molecule has 2 atom stereocenters. The molecule has 3 rings (SSSR count). The second-order valence-corrected chi connectivity index (χ2v) is 5.82. The molecule has 7 heteroatoms. The number of hydrogen-bond acceptors (Lipinski definition) is 4. The Hall–Kier alpha value is -2.18. The number of pyridine rings is 1. The Morgan fingerprint density at radius 2 is 2.29 bits per heavy atom. The summed E-state index contributed by atoms with van der Waals surface area (Å²) in [5.41, 5.74) is 0.350. The number of rotatable bonds is 4. The van der Waals surface area contributed by atoms with Crippen molar-refractivity contribution in [1.29, 1.82) is 0 Å². The molecule has 1 saturated heterocycles. The summed E-state index contributed by atoms with van der Waals surface area (Å²) < 4.78 is 24.5. The van der Waals surface area contributed by atoms with Crippen molar-refractivity contribution in [3.8, 4) is 5.75 Å². The zero-order chi connectivity index (χ0) is 16.9. The molecule has 1 aromatic carbocycles. The van der Waals surface area contributed by atoms with E-state index < -0.39 is 6.10 Å². The first-order valence-electron chi connectivity index (χ1n) is 7.54. The lowest BCUT2D eigenvalue weighted by atomic mass is 10.1. The van der Waals surface area contributed by atoms with Crippen molar-refractivity contribution in [2.75, 3.05) is 13.2 Å². The van der Waals surface area contributed by atoms with Crippen molar-refractivity contribution < 1.29 is 18.7 Å². The van der Waals surface area contributed by atoms with Gasteiger partial charge >= 0.3 is 0 Å². The van der Waals surface area contributed by atoms with Gasteiger partial charge in [0.1, 0.15) is 17.7 Å². The molecule has 1 amide bonds. The molecule has 5 nitrogen and oxygen atoms in total. The van der Waals surface area contributed by atoms with Gasteiger partial charge in [0.05, 0.1) is 23.2 Å². The van der Waals surface area contributed by atoms with E-state index in [0.717, 1.165) is 0 Å². The molecule has 1 N–H and O–H groups in total. The van der Waals surface area contributed by atoms with Crippen LogP contribution >= 0.6 is 11.6 Å². The summed E-state index contributed by atoms with van der Waals surface area (Å²) >= 11 is 6.00. The van der Waals surface area contributed by atoms with E-state index in [9.17, 15) is 9.18 Å². The van der Waals surface area contributed by atoms with Gasteiger partial charge in [-0.1, -0.05) is 17.7 Å². The highest BCUT2D eigenvalue weighted by molar-refractivity contribution is 6.33. The highest BCUT2D eigenvalue weighted by atomic mass is 35.5. The lowest BCUT2D eigenvalue weighted by Crippen LogP contribution is -2.51. The fourth-order valence-corrected chi connectivity index (χ4v) is 2.72. The van der Waals surface area contributed by atoms with Crippen LogP contribution in [0.1, 0.15) is 16.8 Å². The van der Waals surface area contributed by atoms with E-state index in [1.165, 1.54) is 24.5 Å². The molecule has 1 aliphatic rings. The van der Waals surface area contributed by atoms with Gasteiger partial charge in [-0.25, -0.2) is 4.39 Å². The number of hydrogen-bond donors (Lipinski definition) is 1. The van der Waals surface area contributed by atoms with Crippen LogP contribution < -0.4 is 10.1 Å². The number of carbonyl (C=O) groups excluding carboxylic acids is 1. The van der Waals surface area contributed by atoms with Crippen LogP contribution in [0.15, 0.2) is 42.7 Å². The Kier molecular flexibility index (Phi) is 5.27. The van der Waals surface area contributed by atoms with Crippen molar-refractivity contribution in [3.05, 3.63) is 59.1 Å². The number of nitrogens with zero attached hydrogens (tertiary/aromatic N) is 1. The van der Waals surface area contributed by atoms with Crippen LogP contribution in [0.2, 0.25) is 5.02 Å². The molecule has 1 aromatic heterocycles. The second-order valence-electron chi connectivity index (χ2n) is 5.41. The SMILES string of the molecule is O=C(N[C@@H]1CCOC[C@H]1Oc1cccc(F)c1)c1ccncc1Cl. The Morgan fingerprint density at radius 1 is 1.42 bits per heavy atom. The molecule has 0 radical (unpaired) electrons. The van der Waals surface area contributed by atoms with Gasteiger partial charge in [0.2, 0.25) is 0 Å². The van der Waals surface area contributed by atoms with Gasteiger partial charge in [-0.2, -0.15) is 0 Å². The van der Waals surface area contributed by atoms with Crippen LogP contribution in [0.4, 0.5) is 4.39 Å². The Bertz CT molecular complexity index is 728. The lowest BCUT2D eigenvalue weighted by molar-refractivity contribution is -0.0136. The third-order valence-electron chi connectivity index (χ3n) is 3.72. The molecule has 0 bridgehead atoms. The second kappa shape index (κ2) is 7.59. The van der Waals surface area contributed by atoms with Gasteiger partial charge in [-0.15, -0.1) is 0 Å². The lowest BCUT2D eigenvalue weighted by Gasteiger charge is -2.32. The first-order chi connectivity index (χ1) is 11.6. The normalized spacial score (nSPS) is 20.4. The van der Waals surface area contributed by atoms with E-state index in [2.05, 4.69) is 10.3 Å². The summed E-state index contributed by atoms with van der Waals surface area (Å²) in [7, 11) is 0. The fraction of sp³-hybridized carbons (Fsp3) is 0.294. The summed E-state index contributed by atoms with van der Waals surface area (Å²) in [5.74, 6) is -0.290. The molecular formula is C17H16ClFN2O3. The van der Waals surface area contributed by atoms with Crippen LogP contribution in [-0.2, 0) is 4.74 Å². The average molecular weight is 351 g/mol. The molecule has 2 aromatic rings. The van der Waals surface area contributed by atoms with Crippen molar-refractivity contribution in [2.24, 2.45) is 0 Å². The van der Waals surface area contributed by atoms with Crippen LogP contribution in [0.25, 0.3) is 0 Å². The monoisotopic (exact) mass is 350 g/mol. The van der Waals surface area contributed by atoms with Crippen molar-refractivity contribution in [2.45, 2.75) is 18.6 Å². The number of aromatic nitrogens is 1. The summed E-state index contributed by atoms with van der Waals surface area (Å²) in [5, 5.41) is 3.19. The predicted octanol–water partition coefficient (Wildman–Crippen LogP) is 2.84. The van der Waals surface area contributed by atoms with Gasteiger partial charge in [0.25, 0.3) is 5.91 Å². The molecule has 0 spiro atoms. The standard InChI is InChI=1S/C17H16ClFN2O3/c18-14-9-20-6-4-13(14)17(22)21-15-5-7-23-10-16(15)24-12-3-1-2-11(19)8-12/h1-4,6,8-9,15-16H,5,7,10H2,(H,21,22)/t15-,16-/m1/s1. The van der Waals surface area contributed by atoms with E-state index in [4.69, 9.17) is 21.1 Å². The van der Waals surface area contributed by atoms with Crippen LogP contribution in [0.5, 0.6) is 5.75 Å². The van der Waals surface area contributed by atoms with Crippen LogP contribution in [0.3, 0.4) is 0 Å². The van der Waals surface area contributed by atoms with Gasteiger partial charge in [0, 0.05) is 25.1 Å². The molecule has 126 valence electrons. The Labute approximate surface area is 143 Å². The third-order valence-corrected chi connectivity index (χ3v) is 4.02. The van der Waals surface area contributed by atoms with Crippen molar-refractivity contribution in [1.82, 2.24) is 10.3 Å². The summed E-state index contributed by atoms with van der Waals surface area (Å²) in [6, 6.07) is 7.16. The minimum atomic E-state index is -0.412. The molecule has 0 aliphatic carbocycles. The smallest absolute Gasteiger partial charge is 0.253 e. The molecule has 0 unspecified atom stereocenters. The number of carbonyl (C=O) groups is 1. The van der Waals surface area contributed by atoms with E-state index in [1.54, 1.807) is 18.2 Å². The zero-order valence-electron chi connectivity index (χ0n) is 12.7. The van der Waals surface area contributed by atoms with Crippen LogP contribution in [0, 0.1) is 5.82 Å². The zero-order valence-corrected chi connectivity index (χ0v) is 13.5. The van der Waals surface area contributed by atoms with E-state index >= 15 is 0 Å². The Balaban J connectivity index is 1.70. The maximum atomic E-state index is 13.3. The fourth-order valence-electron chi connectivity index (χ4n) is 2.51. The van der Waals surface area contributed by atoms with Crippen molar-refractivity contribution >= 4 is 17.5 Å². The highest BCUT2D eigenvalue weighted by Crippen LogP contribution is 2.20. The maximum Gasteiger partial charge on any atom is 0.253 e. The summed E-state index contributed by atoms with van der Waals surface area (Å²) in [6.07, 6.45) is 3.10. The number of nitrogens with one attached hydrogen (secondary N) is 1. The first kappa shape index (κ1) is 16.7. The quantitative estimate of drug-likeness (QED) is 0.921. The molecule has 2 heterocycles. The highest BCUT2D eigenvalue weighted by Gasteiger charge is 2.29. The predicted molar refractivity (Wildman–Crippen MR) is 86.8 cm³/mol. The van der Waals surface area contributed by atoms with E-state index in [1.807, 2.05) is 0 Å². The average Bonchev–Trinajstić information content (AvgIpc) is 2.57. The summed E-state index contributed by atoms with van der Waals surface area (Å²) in [6.45, 7) is 0.823. The summed E-state index contributed by atoms with van der Waals surface area (Å²) in [4.78, 5) is 16.3. The van der Waals surface area contributed by atoms with Crippen molar-refractivity contribution in [3.63, 3.8) is 0 Å². The van der Waals surface area contributed by atoms with Gasteiger partial charge in [-0.05, 0) is 24.6 Å².